The van der Waals surface area contributed by atoms with E-state index >= 15 is 0 Å². The lowest BCUT2D eigenvalue weighted by Gasteiger charge is -2.10. The Kier molecular flexibility index (Phi) is 3.40. The molecule has 3 aromatic rings. The molecule has 0 saturated carbocycles. The van der Waals surface area contributed by atoms with E-state index in [0.29, 0.717) is 10.7 Å². The topological polar surface area (TPSA) is 115 Å². The Morgan fingerprint density at radius 3 is 2.90 bits per heavy atom. The highest BCUT2D eigenvalue weighted by molar-refractivity contribution is 7.99. The van der Waals surface area contributed by atoms with E-state index in [0.717, 1.165) is 15.8 Å². The van der Waals surface area contributed by atoms with Gasteiger partial charge in [0, 0.05) is 23.5 Å². The van der Waals surface area contributed by atoms with Crippen LogP contribution < -0.4 is 5.73 Å². The van der Waals surface area contributed by atoms with Gasteiger partial charge in [0.25, 0.3) is 0 Å². The van der Waals surface area contributed by atoms with Crippen LogP contribution in [0.4, 0.5) is 0 Å². The highest BCUT2D eigenvalue weighted by atomic mass is 32.2. The Labute approximate surface area is 123 Å². The van der Waals surface area contributed by atoms with Crippen LogP contribution in [0.1, 0.15) is 5.56 Å². The number of hydrogen-bond acceptors (Lipinski definition) is 7. The Morgan fingerprint density at radius 1 is 1.38 bits per heavy atom. The number of rotatable bonds is 3. The first-order valence-electron chi connectivity index (χ1n) is 5.96. The van der Waals surface area contributed by atoms with Gasteiger partial charge in [-0.2, -0.15) is 0 Å². The molecular formula is C12H11N7OS. The number of amidine groups is 1. The fourth-order valence-electron chi connectivity index (χ4n) is 1.86. The average molecular weight is 301 g/mol. The van der Waals surface area contributed by atoms with Gasteiger partial charge >= 0.3 is 0 Å². The standard InChI is InChI=1S/C12H11N7OS/c1-19-12(15-17-18-19)21-10-7-4-2-3-5-9(7)14-6-8(10)11(13)16-20/h2-6,20H,1H3,(H2,13,16). The maximum atomic E-state index is 8.95. The normalized spacial score (nSPS) is 12.0. The monoisotopic (exact) mass is 301 g/mol. The lowest BCUT2D eigenvalue weighted by molar-refractivity contribution is 0.318. The van der Waals surface area contributed by atoms with Crippen molar-refractivity contribution in [2.45, 2.75) is 10.1 Å². The summed E-state index contributed by atoms with van der Waals surface area (Å²) < 4.78 is 1.55. The second kappa shape index (κ2) is 5.37. The minimum absolute atomic E-state index is 0.00844. The summed E-state index contributed by atoms with van der Waals surface area (Å²) in [5.41, 5.74) is 7.08. The zero-order chi connectivity index (χ0) is 14.8. The van der Waals surface area contributed by atoms with Gasteiger partial charge in [-0.1, -0.05) is 23.4 Å². The van der Waals surface area contributed by atoms with Crippen LogP contribution in [0.3, 0.4) is 0 Å². The number of nitrogens with zero attached hydrogens (tertiary/aromatic N) is 6. The second-order valence-electron chi connectivity index (χ2n) is 4.19. The molecule has 21 heavy (non-hydrogen) atoms. The predicted molar refractivity (Wildman–Crippen MR) is 77.2 cm³/mol. The minimum Gasteiger partial charge on any atom is -0.409 e. The van der Waals surface area contributed by atoms with E-state index in [1.165, 1.54) is 11.8 Å². The molecule has 0 fully saturated rings. The van der Waals surface area contributed by atoms with Crippen LogP contribution in [0.25, 0.3) is 10.9 Å². The third-order valence-electron chi connectivity index (χ3n) is 2.88. The number of aromatic nitrogens is 5. The number of hydrogen-bond donors (Lipinski definition) is 2. The van der Waals surface area contributed by atoms with E-state index < -0.39 is 0 Å². The number of nitrogens with two attached hydrogens (primary N) is 1. The van der Waals surface area contributed by atoms with E-state index in [1.54, 1.807) is 17.9 Å². The van der Waals surface area contributed by atoms with Gasteiger partial charge in [0.05, 0.1) is 11.1 Å². The van der Waals surface area contributed by atoms with E-state index in [1.807, 2.05) is 24.3 Å². The van der Waals surface area contributed by atoms with E-state index in [2.05, 4.69) is 25.7 Å². The molecule has 0 aliphatic rings. The molecule has 0 atom stereocenters. The van der Waals surface area contributed by atoms with Crippen LogP contribution >= 0.6 is 11.8 Å². The zero-order valence-electron chi connectivity index (χ0n) is 11.0. The molecular weight excluding hydrogens is 290 g/mol. The lowest BCUT2D eigenvalue weighted by atomic mass is 10.1. The average Bonchev–Trinajstić information content (AvgIpc) is 2.92. The largest absolute Gasteiger partial charge is 0.409 e. The summed E-state index contributed by atoms with van der Waals surface area (Å²) in [4.78, 5) is 5.10. The summed E-state index contributed by atoms with van der Waals surface area (Å²) in [6, 6.07) is 7.61. The Balaban J connectivity index is 2.23. The van der Waals surface area contributed by atoms with Crippen molar-refractivity contribution < 1.29 is 5.21 Å². The molecule has 3 N–H and O–H groups in total. The minimum atomic E-state index is -0.00844. The van der Waals surface area contributed by atoms with Gasteiger partial charge in [-0.3, -0.25) is 4.98 Å². The van der Waals surface area contributed by atoms with Gasteiger partial charge in [0.1, 0.15) is 0 Å². The number of aryl methyl sites for hydroxylation is 1. The molecule has 3 rings (SSSR count). The molecule has 0 aliphatic heterocycles. The molecule has 8 nitrogen and oxygen atoms in total. The van der Waals surface area contributed by atoms with Crippen molar-refractivity contribution in [3.63, 3.8) is 0 Å². The molecule has 0 spiro atoms. The third kappa shape index (κ3) is 2.38. The molecule has 0 unspecified atom stereocenters. The van der Waals surface area contributed by atoms with Crippen molar-refractivity contribution in [1.29, 1.82) is 0 Å². The molecule has 9 heteroatoms. The molecule has 106 valence electrons. The van der Waals surface area contributed by atoms with Crippen molar-refractivity contribution >= 4 is 28.5 Å². The molecule has 0 radical (unpaired) electrons. The van der Waals surface area contributed by atoms with Crippen LogP contribution in [0.2, 0.25) is 0 Å². The summed E-state index contributed by atoms with van der Waals surface area (Å²) >= 11 is 1.34. The molecule has 0 amide bonds. The Bertz CT molecular complexity index is 829. The van der Waals surface area contributed by atoms with Crippen LogP contribution in [-0.4, -0.2) is 36.2 Å². The summed E-state index contributed by atoms with van der Waals surface area (Å²) in [6.07, 6.45) is 1.57. The van der Waals surface area contributed by atoms with Gasteiger partial charge in [-0.05, 0) is 28.3 Å². The molecule has 1 aromatic carbocycles. The molecule has 0 aliphatic carbocycles. The summed E-state index contributed by atoms with van der Waals surface area (Å²) in [5.74, 6) is -0.00844. The van der Waals surface area contributed by atoms with Gasteiger partial charge in [0.2, 0.25) is 5.16 Å². The van der Waals surface area contributed by atoms with Crippen molar-refractivity contribution in [3.8, 4) is 0 Å². The molecule has 0 saturated heterocycles. The lowest BCUT2D eigenvalue weighted by Crippen LogP contribution is -2.15. The number of tetrazole rings is 1. The fraction of sp³-hybridized carbons (Fsp3) is 0.0833. The number of benzene rings is 1. The first-order valence-corrected chi connectivity index (χ1v) is 6.78. The van der Waals surface area contributed by atoms with Crippen LogP contribution in [0.15, 0.2) is 45.7 Å². The van der Waals surface area contributed by atoms with E-state index in [4.69, 9.17) is 10.9 Å². The summed E-state index contributed by atoms with van der Waals surface area (Å²) in [5, 5.41) is 24.8. The molecule has 2 heterocycles. The van der Waals surface area contributed by atoms with Crippen LogP contribution in [-0.2, 0) is 7.05 Å². The zero-order valence-corrected chi connectivity index (χ0v) is 11.8. The maximum absolute atomic E-state index is 8.95. The van der Waals surface area contributed by atoms with Crippen molar-refractivity contribution in [2.24, 2.45) is 17.9 Å². The van der Waals surface area contributed by atoms with Gasteiger partial charge < -0.3 is 10.9 Å². The van der Waals surface area contributed by atoms with Crippen molar-refractivity contribution in [2.75, 3.05) is 0 Å². The number of para-hydroxylation sites is 1. The second-order valence-corrected chi connectivity index (χ2v) is 5.17. The van der Waals surface area contributed by atoms with Gasteiger partial charge in [-0.15, -0.1) is 5.10 Å². The highest BCUT2D eigenvalue weighted by Gasteiger charge is 2.16. The number of fused-ring (bicyclic) bond motifs is 1. The van der Waals surface area contributed by atoms with Crippen molar-refractivity contribution in [1.82, 2.24) is 25.2 Å². The first-order chi connectivity index (χ1) is 10.2. The van der Waals surface area contributed by atoms with Crippen LogP contribution in [0.5, 0.6) is 0 Å². The third-order valence-corrected chi connectivity index (χ3v) is 4.06. The molecule has 0 bridgehead atoms. The van der Waals surface area contributed by atoms with Gasteiger partial charge in [-0.25, -0.2) is 4.68 Å². The summed E-state index contributed by atoms with van der Waals surface area (Å²) in [7, 11) is 1.74. The smallest absolute Gasteiger partial charge is 0.213 e. The number of oxime groups is 1. The fourth-order valence-corrected chi connectivity index (χ4v) is 2.84. The Hall–Kier alpha value is -2.68. The van der Waals surface area contributed by atoms with E-state index in [9.17, 15) is 0 Å². The quantitative estimate of drug-likeness (QED) is 0.321. The first kappa shape index (κ1) is 13.3. The Morgan fingerprint density at radius 2 is 2.19 bits per heavy atom. The SMILES string of the molecule is Cn1nnnc1Sc1c(/C(N)=N/O)cnc2ccccc12. The van der Waals surface area contributed by atoms with E-state index in [-0.39, 0.29) is 5.84 Å². The van der Waals surface area contributed by atoms with Crippen LogP contribution in [0, 0.1) is 0 Å². The highest BCUT2D eigenvalue weighted by Crippen LogP contribution is 2.34. The predicted octanol–water partition coefficient (Wildman–Crippen LogP) is 1.00. The summed E-state index contributed by atoms with van der Waals surface area (Å²) in [6.45, 7) is 0. The van der Waals surface area contributed by atoms with Crippen molar-refractivity contribution in [3.05, 3.63) is 36.0 Å². The van der Waals surface area contributed by atoms with Gasteiger partial charge in [0.15, 0.2) is 5.84 Å². The maximum Gasteiger partial charge on any atom is 0.213 e. The molecule has 2 aromatic heterocycles. The number of pyridine rings is 1.